The fraction of sp³-hybridized carbons (Fsp3) is 0.455. The smallest absolute Gasteiger partial charge is 0.0997 e. The molecular formula is C22H28ClN3. The normalized spacial score (nSPS) is 22.2. The summed E-state index contributed by atoms with van der Waals surface area (Å²) in [4.78, 5) is 2.54. The lowest BCUT2D eigenvalue weighted by Gasteiger charge is -2.32. The molecule has 1 saturated heterocycles. The maximum Gasteiger partial charge on any atom is 0.0997 e. The zero-order valence-corrected chi connectivity index (χ0v) is 16.4. The SMILES string of the molecule is Cc1cc2c(cc1C)N(Cc1ccc(Cl)cc1)C(CC1CCCNC1)N2. The van der Waals surface area contributed by atoms with Gasteiger partial charge in [-0.1, -0.05) is 23.7 Å². The highest BCUT2D eigenvalue weighted by atomic mass is 35.5. The lowest BCUT2D eigenvalue weighted by Crippen LogP contribution is -2.40. The Bertz CT molecular complexity index is 766. The summed E-state index contributed by atoms with van der Waals surface area (Å²) in [5.41, 5.74) is 6.61. The van der Waals surface area contributed by atoms with Gasteiger partial charge in [-0.15, -0.1) is 0 Å². The predicted octanol–water partition coefficient (Wildman–Crippen LogP) is 5.10. The molecule has 2 aromatic carbocycles. The first-order valence-corrected chi connectivity index (χ1v) is 10.1. The third-order valence-electron chi connectivity index (χ3n) is 5.84. The van der Waals surface area contributed by atoms with Crippen LogP contribution in [0.5, 0.6) is 0 Å². The van der Waals surface area contributed by atoms with Crippen molar-refractivity contribution in [2.24, 2.45) is 5.92 Å². The summed E-state index contributed by atoms with van der Waals surface area (Å²) < 4.78 is 0. The number of anilines is 2. The first kappa shape index (κ1) is 17.7. The molecule has 138 valence electrons. The number of halogens is 1. The van der Waals surface area contributed by atoms with Crippen molar-refractivity contribution in [3.8, 4) is 0 Å². The summed E-state index contributed by atoms with van der Waals surface area (Å²) in [6.07, 6.45) is 4.15. The number of nitrogens with zero attached hydrogens (tertiary/aromatic N) is 1. The number of fused-ring (bicyclic) bond motifs is 1. The van der Waals surface area contributed by atoms with Gasteiger partial charge in [-0.2, -0.15) is 0 Å². The quantitative estimate of drug-likeness (QED) is 0.784. The van der Waals surface area contributed by atoms with E-state index in [-0.39, 0.29) is 0 Å². The summed E-state index contributed by atoms with van der Waals surface area (Å²) in [5.74, 6) is 0.741. The van der Waals surface area contributed by atoms with Crippen LogP contribution in [0.25, 0.3) is 0 Å². The number of piperidine rings is 1. The Hall–Kier alpha value is -1.71. The summed E-state index contributed by atoms with van der Waals surface area (Å²) >= 11 is 6.07. The molecule has 1 fully saturated rings. The van der Waals surface area contributed by atoms with E-state index in [1.165, 1.54) is 53.9 Å². The molecule has 3 nitrogen and oxygen atoms in total. The number of rotatable bonds is 4. The van der Waals surface area contributed by atoms with Gasteiger partial charge in [0.15, 0.2) is 0 Å². The van der Waals surface area contributed by atoms with Gasteiger partial charge in [-0.25, -0.2) is 0 Å². The molecule has 2 heterocycles. The Morgan fingerprint density at radius 3 is 2.62 bits per heavy atom. The van der Waals surface area contributed by atoms with Gasteiger partial charge in [0, 0.05) is 11.6 Å². The van der Waals surface area contributed by atoms with Gasteiger partial charge in [0.1, 0.15) is 0 Å². The van der Waals surface area contributed by atoms with E-state index in [4.69, 9.17) is 11.6 Å². The van der Waals surface area contributed by atoms with Gasteiger partial charge in [0.2, 0.25) is 0 Å². The fourth-order valence-corrected chi connectivity index (χ4v) is 4.31. The Morgan fingerprint density at radius 1 is 1.12 bits per heavy atom. The largest absolute Gasteiger partial charge is 0.363 e. The van der Waals surface area contributed by atoms with Crippen LogP contribution < -0.4 is 15.5 Å². The average molecular weight is 370 g/mol. The molecule has 0 aliphatic carbocycles. The topological polar surface area (TPSA) is 27.3 Å². The number of nitrogens with one attached hydrogen (secondary N) is 2. The van der Waals surface area contributed by atoms with E-state index in [2.05, 4.69) is 53.6 Å². The molecule has 2 atom stereocenters. The van der Waals surface area contributed by atoms with Gasteiger partial charge >= 0.3 is 0 Å². The Morgan fingerprint density at radius 2 is 1.88 bits per heavy atom. The zero-order chi connectivity index (χ0) is 18.1. The molecule has 2 aliphatic rings. The van der Waals surface area contributed by atoms with Crippen LogP contribution in [0.1, 0.15) is 36.0 Å². The molecule has 0 aromatic heterocycles. The molecule has 26 heavy (non-hydrogen) atoms. The molecule has 0 radical (unpaired) electrons. The van der Waals surface area contributed by atoms with Crippen molar-refractivity contribution in [2.45, 2.75) is 45.8 Å². The predicted molar refractivity (Wildman–Crippen MR) is 111 cm³/mol. The lowest BCUT2D eigenvalue weighted by atomic mass is 9.94. The van der Waals surface area contributed by atoms with Crippen molar-refractivity contribution in [2.75, 3.05) is 23.3 Å². The second-order valence-electron chi connectivity index (χ2n) is 7.82. The van der Waals surface area contributed by atoms with E-state index in [1.54, 1.807) is 0 Å². The minimum Gasteiger partial charge on any atom is -0.363 e. The van der Waals surface area contributed by atoms with Crippen molar-refractivity contribution in [1.82, 2.24) is 5.32 Å². The van der Waals surface area contributed by atoms with Crippen molar-refractivity contribution < 1.29 is 0 Å². The third-order valence-corrected chi connectivity index (χ3v) is 6.09. The molecule has 0 spiro atoms. The van der Waals surface area contributed by atoms with Gasteiger partial charge < -0.3 is 15.5 Å². The van der Waals surface area contributed by atoms with Crippen molar-refractivity contribution in [1.29, 1.82) is 0 Å². The van der Waals surface area contributed by atoms with E-state index in [1.807, 2.05) is 12.1 Å². The molecule has 4 rings (SSSR count). The van der Waals surface area contributed by atoms with Crippen LogP contribution in [-0.2, 0) is 6.54 Å². The zero-order valence-electron chi connectivity index (χ0n) is 15.7. The fourth-order valence-electron chi connectivity index (χ4n) is 4.19. The van der Waals surface area contributed by atoms with Crippen LogP contribution in [0.15, 0.2) is 36.4 Å². The number of aryl methyl sites for hydroxylation is 2. The maximum absolute atomic E-state index is 6.07. The second kappa shape index (κ2) is 7.50. The Labute approximate surface area is 161 Å². The van der Waals surface area contributed by atoms with Crippen LogP contribution in [0.4, 0.5) is 11.4 Å². The monoisotopic (exact) mass is 369 g/mol. The molecule has 2 aromatic rings. The van der Waals surface area contributed by atoms with Gasteiger partial charge in [-0.3, -0.25) is 0 Å². The molecule has 2 N–H and O–H groups in total. The van der Waals surface area contributed by atoms with Crippen molar-refractivity contribution in [3.05, 3.63) is 58.1 Å². The molecule has 0 saturated carbocycles. The van der Waals surface area contributed by atoms with E-state index < -0.39 is 0 Å². The minimum atomic E-state index is 0.353. The average Bonchev–Trinajstić information content (AvgIpc) is 2.95. The lowest BCUT2D eigenvalue weighted by molar-refractivity contribution is 0.339. The van der Waals surface area contributed by atoms with Gasteiger partial charge in [0.25, 0.3) is 0 Å². The second-order valence-corrected chi connectivity index (χ2v) is 8.25. The maximum atomic E-state index is 6.07. The van der Waals surface area contributed by atoms with Crippen LogP contribution in [0.2, 0.25) is 5.02 Å². The van der Waals surface area contributed by atoms with Gasteiger partial charge in [-0.05, 0) is 93.1 Å². The standard InChI is InChI=1S/C22H28ClN3/c1-15-10-20-21(11-16(15)2)26(14-17-5-7-19(23)8-6-17)22(25-20)12-18-4-3-9-24-13-18/h5-8,10-11,18,22,24-25H,3-4,9,12-14H2,1-2H3. The Kier molecular flexibility index (Phi) is 5.10. The summed E-state index contributed by atoms with van der Waals surface area (Å²) in [6, 6.07) is 12.9. The molecule has 4 heteroatoms. The van der Waals surface area contributed by atoms with Crippen molar-refractivity contribution >= 4 is 23.0 Å². The summed E-state index contributed by atoms with van der Waals surface area (Å²) in [6.45, 7) is 7.61. The highest BCUT2D eigenvalue weighted by molar-refractivity contribution is 6.30. The minimum absolute atomic E-state index is 0.353. The molecule has 2 unspecified atom stereocenters. The Balaban J connectivity index is 1.60. The van der Waals surface area contributed by atoms with E-state index >= 15 is 0 Å². The number of hydrogen-bond donors (Lipinski definition) is 2. The summed E-state index contributed by atoms with van der Waals surface area (Å²) in [7, 11) is 0. The van der Waals surface area contributed by atoms with Crippen LogP contribution in [0.3, 0.4) is 0 Å². The molecule has 2 aliphatic heterocycles. The summed E-state index contributed by atoms with van der Waals surface area (Å²) in [5, 5.41) is 8.16. The third kappa shape index (κ3) is 3.70. The van der Waals surface area contributed by atoms with Crippen LogP contribution in [0, 0.1) is 19.8 Å². The van der Waals surface area contributed by atoms with Crippen LogP contribution >= 0.6 is 11.6 Å². The highest BCUT2D eigenvalue weighted by Crippen LogP contribution is 2.40. The first-order chi connectivity index (χ1) is 12.6. The van der Waals surface area contributed by atoms with E-state index in [0.29, 0.717) is 6.17 Å². The van der Waals surface area contributed by atoms with E-state index in [9.17, 15) is 0 Å². The van der Waals surface area contributed by atoms with E-state index in [0.717, 1.165) is 24.0 Å². The van der Waals surface area contributed by atoms with Crippen molar-refractivity contribution in [3.63, 3.8) is 0 Å². The van der Waals surface area contributed by atoms with Crippen LogP contribution in [-0.4, -0.2) is 19.3 Å². The molecule has 0 bridgehead atoms. The highest BCUT2D eigenvalue weighted by Gasteiger charge is 2.31. The number of hydrogen-bond acceptors (Lipinski definition) is 3. The number of benzene rings is 2. The molecule has 0 amide bonds. The molecular weight excluding hydrogens is 342 g/mol. The first-order valence-electron chi connectivity index (χ1n) is 9.70. The van der Waals surface area contributed by atoms with Gasteiger partial charge in [0.05, 0.1) is 17.5 Å².